The van der Waals surface area contributed by atoms with E-state index in [0.717, 1.165) is 18.5 Å². The zero-order chi connectivity index (χ0) is 15.4. The first-order chi connectivity index (χ1) is 10.7. The lowest BCUT2D eigenvalue weighted by atomic mass is 9.88. The van der Waals surface area contributed by atoms with E-state index in [2.05, 4.69) is 5.32 Å². The fraction of sp³-hybridized carbons (Fsp3) is 0.556. The van der Waals surface area contributed by atoms with E-state index in [1.807, 2.05) is 35.2 Å². The maximum Gasteiger partial charge on any atom is 0.227 e. The van der Waals surface area contributed by atoms with E-state index in [1.54, 1.807) is 0 Å². The average Bonchev–Trinajstić information content (AvgIpc) is 2.95. The number of rotatable bonds is 4. The van der Waals surface area contributed by atoms with Crippen LogP contribution in [0.2, 0.25) is 0 Å². The van der Waals surface area contributed by atoms with Crippen LogP contribution in [-0.4, -0.2) is 24.9 Å². The Bertz CT molecular complexity index is 523. The SMILES string of the molecule is O=C(NCC1CC(=O)N(c2ccccc2)C1)C1CCCCC1. The van der Waals surface area contributed by atoms with Crippen molar-refractivity contribution in [2.24, 2.45) is 11.8 Å². The molecule has 1 unspecified atom stereocenters. The van der Waals surface area contributed by atoms with Gasteiger partial charge in [-0.25, -0.2) is 0 Å². The molecule has 3 rings (SSSR count). The Hall–Kier alpha value is -1.84. The molecule has 4 heteroatoms. The summed E-state index contributed by atoms with van der Waals surface area (Å²) in [4.78, 5) is 26.2. The molecular formula is C18H24N2O2. The van der Waals surface area contributed by atoms with Gasteiger partial charge in [0.25, 0.3) is 0 Å². The van der Waals surface area contributed by atoms with Gasteiger partial charge in [-0.15, -0.1) is 0 Å². The lowest BCUT2D eigenvalue weighted by Crippen LogP contribution is -2.36. The molecule has 2 aliphatic rings. The fourth-order valence-electron chi connectivity index (χ4n) is 3.53. The van der Waals surface area contributed by atoms with Crippen molar-refractivity contribution in [3.63, 3.8) is 0 Å². The average molecular weight is 300 g/mol. The van der Waals surface area contributed by atoms with E-state index in [1.165, 1.54) is 19.3 Å². The number of benzene rings is 1. The molecule has 0 aromatic heterocycles. The van der Waals surface area contributed by atoms with E-state index in [4.69, 9.17) is 0 Å². The van der Waals surface area contributed by atoms with Gasteiger partial charge in [-0.2, -0.15) is 0 Å². The molecule has 1 N–H and O–H groups in total. The highest BCUT2D eigenvalue weighted by Gasteiger charge is 2.31. The van der Waals surface area contributed by atoms with Crippen LogP contribution in [0.15, 0.2) is 30.3 Å². The molecule has 1 aromatic carbocycles. The molecule has 1 atom stereocenters. The van der Waals surface area contributed by atoms with Gasteiger partial charge in [-0.05, 0) is 25.0 Å². The summed E-state index contributed by atoms with van der Waals surface area (Å²) in [6.45, 7) is 1.32. The van der Waals surface area contributed by atoms with Gasteiger partial charge >= 0.3 is 0 Å². The lowest BCUT2D eigenvalue weighted by Gasteiger charge is -2.22. The van der Waals surface area contributed by atoms with E-state index in [0.29, 0.717) is 19.5 Å². The van der Waals surface area contributed by atoms with Gasteiger partial charge in [0, 0.05) is 37.0 Å². The van der Waals surface area contributed by atoms with Crippen LogP contribution in [0, 0.1) is 11.8 Å². The van der Waals surface area contributed by atoms with Crippen molar-refractivity contribution < 1.29 is 9.59 Å². The zero-order valence-electron chi connectivity index (χ0n) is 13.0. The molecule has 2 amide bonds. The number of nitrogens with zero attached hydrogens (tertiary/aromatic N) is 1. The second-order valence-corrected chi connectivity index (χ2v) is 6.49. The van der Waals surface area contributed by atoms with Gasteiger partial charge in [0.15, 0.2) is 0 Å². The zero-order valence-corrected chi connectivity index (χ0v) is 13.0. The predicted octanol–water partition coefficient (Wildman–Crippen LogP) is 2.74. The van der Waals surface area contributed by atoms with Gasteiger partial charge in [-0.1, -0.05) is 37.5 Å². The minimum atomic E-state index is 0.156. The molecule has 0 radical (unpaired) electrons. The molecule has 1 aromatic rings. The first kappa shape index (κ1) is 15.1. The Labute approximate surface area is 131 Å². The van der Waals surface area contributed by atoms with Gasteiger partial charge in [0.1, 0.15) is 0 Å². The summed E-state index contributed by atoms with van der Waals surface area (Å²) in [5.41, 5.74) is 0.952. The van der Waals surface area contributed by atoms with Crippen molar-refractivity contribution in [2.75, 3.05) is 18.0 Å². The van der Waals surface area contributed by atoms with Crippen LogP contribution >= 0.6 is 0 Å². The third-order valence-corrected chi connectivity index (χ3v) is 4.81. The van der Waals surface area contributed by atoms with E-state index in [9.17, 15) is 9.59 Å². The second kappa shape index (κ2) is 6.95. The number of carbonyl (C=O) groups is 2. The quantitative estimate of drug-likeness (QED) is 0.929. The minimum Gasteiger partial charge on any atom is -0.356 e. The van der Waals surface area contributed by atoms with Crippen LogP contribution < -0.4 is 10.2 Å². The molecule has 1 aliphatic heterocycles. The van der Waals surface area contributed by atoms with E-state index < -0.39 is 0 Å². The van der Waals surface area contributed by atoms with Crippen LogP contribution in [0.4, 0.5) is 5.69 Å². The number of carbonyl (C=O) groups excluding carboxylic acids is 2. The standard InChI is InChI=1S/C18H24N2O2/c21-17-11-14(13-20(17)16-9-5-2-6-10-16)12-19-18(22)15-7-3-1-4-8-15/h2,5-6,9-10,14-15H,1,3-4,7-8,11-13H2,(H,19,22). The predicted molar refractivity (Wildman–Crippen MR) is 86.5 cm³/mol. The van der Waals surface area contributed by atoms with Gasteiger partial charge in [0.05, 0.1) is 0 Å². The summed E-state index contributed by atoms with van der Waals surface area (Å²) in [6, 6.07) is 9.76. The number of amides is 2. The van der Waals surface area contributed by atoms with Crippen molar-refractivity contribution in [3.8, 4) is 0 Å². The number of para-hydroxylation sites is 1. The van der Waals surface area contributed by atoms with E-state index >= 15 is 0 Å². The lowest BCUT2D eigenvalue weighted by molar-refractivity contribution is -0.126. The Kier molecular flexibility index (Phi) is 4.76. The smallest absolute Gasteiger partial charge is 0.227 e. The highest BCUT2D eigenvalue weighted by atomic mass is 16.2. The Balaban J connectivity index is 1.50. The minimum absolute atomic E-state index is 0.156. The molecule has 118 valence electrons. The third kappa shape index (κ3) is 3.49. The monoisotopic (exact) mass is 300 g/mol. The molecule has 0 spiro atoms. The first-order valence-corrected chi connectivity index (χ1v) is 8.37. The summed E-state index contributed by atoms with van der Waals surface area (Å²) in [6.07, 6.45) is 6.16. The van der Waals surface area contributed by atoms with Gasteiger partial charge in [0.2, 0.25) is 11.8 Å². The molecule has 1 saturated heterocycles. The van der Waals surface area contributed by atoms with Crippen LogP contribution in [-0.2, 0) is 9.59 Å². The van der Waals surface area contributed by atoms with Crippen LogP contribution in [0.3, 0.4) is 0 Å². The van der Waals surface area contributed by atoms with Crippen molar-refractivity contribution in [1.29, 1.82) is 0 Å². The summed E-state index contributed by atoms with van der Waals surface area (Å²) >= 11 is 0. The summed E-state index contributed by atoms with van der Waals surface area (Å²) in [7, 11) is 0. The number of anilines is 1. The van der Waals surface area contributed by atoms with Crippen molar-refractivity contribution in [3.05, 3.63) is 30.3 Å². The maximum absolute atomic E-state index is 12.2. The largest absolute Gasteiger partial charge is 0.356 e. The van der Waals surface area contributed by atoms with Crippen molar-refractivity contribution in [1.82, 2.24) is 5.32 Å². The summed E-state index contributed by atoms with van der Waals surface area (Å²) < 4.78 is 0. The topological polar surface area (TPSA) is 49.4 Å². The Morgan fingerprint density at radius 3 is 2.59 bits per heavy atom. The van der Waals surface area contributed by atoms with Crippen LogP contribution in [0.1, 0.15) is 38.5 Å². The van der Waals surface area contributed by atoms with Gasteiger partial charge in [-0.3, -0.25) is 9.59 Å². The summed E-state index contributed by atoms with van der Waals surface area (Å²) in [5, 5.41) is 3.07. The number of nitrogens with one attached hydrogen (secondary N) is 1. The van der Waals surface area contributed by atoms with Crippen LogP contribution in [0.25, 0.3) is 0 Å². The molecule has 22 heavy (non-hydrogen) atoms. The number of hydrogen-bond acceptors (Lipinski definition) is 2. The first-order valence-electron chi connectivity index (χ1n) is 8.37. The third-order valence-electron chi connectivity index (χ3n) is 4.81. The van der Waals surface area contributed by atoms with Crippen LogP contribution in [0.5, 0.6) is 0 Å². The van der Waals surface area contributed by atoms with E-state index in [-0.39, 0.29) is 23.7 Å². The molecule has 1 heterocycles. The molecule has 4 nitrogen and oxygen atoms in total. The normalized spacial score (nSPS) is 22.8. The maximum atomic E-state index is 12.2. The molecule has 2 fully saturated rings. The highest BCUT2D eigenvalue weighted by Crippen LogP contribution is 2.26. The van der Waals surface area contributed by atoms with Gasteiger partial charge < -0.3 is 10.2 Å². The fourth-order valence-corrected chi connectivity index (χ4v) is 3.53. The highest BCUT2D eigenvalue weighted by molar-refractivity contribution is 5.95. The second-order valence-electron chi connectivity index (χ2n) is 6.49. The Morgan fingerprint density at radius 1 is 1.14 bits per heavy atom. The molecule has 1 saturated carbocycles. The molecule has 0 bridgehead atoms. The molecular weight excluding hydrogens is 276 g/mol. The van der Waals surface area contributed by atoms with Crippen molar-refractivity contribution in [2.45, 2.75) is 38.5 Å². The Morgan fingerprint density at radius 2 is 1.86 bits per heavy atom. The summed E-state index contributed by atoms with van der Waals surface area (Å²) in [5.74, 6) is 0.754. The number of hydrogen-bond donors (Lipinski definition) is 1. The van der Waals surface area contributed by atoms with Crippen molar-refractivity contribution >= 4 is 17.5 Å². The molecule has 1 aliphatic carbocycles.